The second kappa shape index (κ2) is 10.1. The van der Waals surface area contributed by atoms with Crippen LogP contribution in [0.3, 0.4) is 0 Å². The average molecular weight is 356 g/mol. The first-order valence-electron chi connectivity index (χ1n) is 8.53. The lowest BCUT2D eigenvalue weighted by Crippen LogP contribution is -1.99. The summed E-state index contributed by atoms with van der Waals surface area (Å²) in [5.41, 5.74) is 1.84. The van der Waals surface area contributed by atoms with Gasteiger partial charge in [0.15, 0.2) is 11.5 Å². The van der Waals surface area contributed by atoms with Gasteiger partial charge in [0.1, 0.15) is 12.4 Å². The first kappa shape index (κ1) is 19.4. The lowest BCUT2D eigenvalue weighted by molar-refractivity contribution is -0.137. The number of hydrogen-bond donors (Lipinski definition) is 0. The van der Waals surface area contributed by atoms with Gasteiger partial charge in [-0.05, 0) is 55.3 Å². The Morgan fingerprint density at radius 3 is 2.38 bits per heavy atom. The van der Waals surface area contributed by atoms with Crippen LogP contribution in [0.15, 0.2) is 48.5 Å². The van der Waals surface area contributed by atoms with E-state index >= 15 is 0 Å². The van der Waals surface area contributed by atoms with Crippen molar-refractivity contribution in [2.75, 3.05) is 20.3 Å². The van der Waals surface area contributed by atoms with E-state index in [0.717, 1.165) is 16.9 Å². The van der Waals surface area contributed by atoms with Crippen molar-refractivity contribution < 1.29 is 23.7 Å². The van der Waals surface area contributed by atoms with Crippen LogP contribution in [0.4, 0.5) is 0 Å². The maximum atomic E-state index is 11.4. The Hall–Kier alpha value is -2.95. The van der Waals surface area contributed by atoms with Crippen molar-refractivity contribution in [3.63, 3.8) is 0 Å². The molecule has 0 saturated carbocycles. The van der Waals surface area contributed by atoms with E-state index in [2.05, 4.69) is 0 Å². The lowest BCUT2D eigenvalue weighted by atomic mass is 10.2. The van der Waals surface area contributed by atoms with E-state index in [0.29, 0.717) is 31.3 Å². The molecule has 0 aliphatic rings. The topological polar surface area (TPSA) is 54.0 Å². The SMILES string of the molecule is CCOC(=O)C=Cc1ccc(OC)c(OCc2ccc(OCC)cc2)c1. The summed E-state index contributed by atoms with van der Waals surface area (Å²) >= 11 is 0. The Bertz CT molecular complexity index is 735. The van der Waals surface area contributed by atoms with Gasteiger partial charge in [0.2, 0.25) is 0 Å². The molecule has 0 N–H and O–H groups in total. The normalized spacial score (nSPS) is 10.6. The summed E-state index contributed by atoms with van der Waals surface area (Å²) in [6, 6.07) is 13.2. The molecule has 0 amide bonds. The number of hydrogen-bond acceptors (Lipinski definition) is 5. The van der Waals surface area contributed by atoms with Crippen LogP contribution in [0.5, 0.6) is 17.2 Å². The number of carbonyl (C=O) groups excluding carboxylic acids is 1. The second-order valence-corrected chi connectivity index (χ2v) is 5.36. The number of ether oxygens (including phenoxy) is 4. The molecule has 2 aromatic carbocycles. The zero-order chi connectivity index (χ0) is 18.8. The van der Waals surface area contributed by atoms with Crippen molar-refractivity contribution in [2.45, 2.75) is 20.5 Å². The van der Waals surface area contributed by atoms with E-state index in [1.54, 1.807) is 26.2 Å². The van der Waals surface area contributed by atoms with Gasteiger partial charge in [-0.25, -0.2) is 4.79 Å². The first-order chi connectivity index (χ1) is 12.7. The van der Waals surface area contributed by atoms with Gasteiger partial charge in [-0.15, -0.1) is 0 Å². The number of rotatable bonds is 9. The summed E-state index contributed by atoms with van der Waals surface area (Å²) in [5.74, 6) is 1.69. The molecule has 0 fully saturated rings. The van der Waals surface area contributed by atoms with Gasteiger partial charge in [0.05, 0.1) is 20.3 Å². The highest BCUT2D eigenvalue weighted by Crippen LogP contribution is 2.29. The van der Waals surface area contributed by atoms with Crippen molar-refractivity contribution >= 4 is 12.0 Å². The molecule has 0 spiro atoms. The molecule has 0 bridgehead atoms. The molecule has 0 saturated heterocycles. The predicted molar refractivity (Wildman–Crippen MR) is 101 cm³/mol. The van der Waals surface area contributed by atoms with Crippen LogP contribution < -0.4 is 14.2 Å². The number of methoxy groups -OCH3 is 1. The number of benzene rings is 2. The quantitative estimate of drug-likeness (QED) is 0.497. The summed E-state index contributed by atoms with van der Waals surface area (Å²) in [6.07, 6.45) is 3.07. The molecule has 2 aromatic rings. The zero-order valence-corrected chi connectivity index (χ0v) is 15.4. The van der Waals surface area contributed by atoms with Gasteiger partial charge in [0, 0.05) is 6.08 Å². The molecule has 138 valence electrons. The molecule has 2 rings (SSSR count). The Morgan fingerprint density at radius 1 is 0.962 bits per heavy atom. The summed E-state index contributed by atoms with van der Waals surface area (Å²) in [4.78, 5) is 11.4. The molecule has 5 heteroatoms. The largest absolute Gasteiger partial charge is 0.494 e. The Morgan fingerprint density at radius 2 is 1.73 bits per heavy atom. The number of esters is 1. The van der Waals surface area contributed by atoms with Crippen molar-refractivity contribution in [3.05, 3.63) is 59.7 Å². The van der Waals surface area contributed by atoms with Gasteiger partial charge >= 0.3 is 5.97 Å². The van der Waals surface area contributed by atoms with E-state index in [4.69, 9.17) is 18.9 Å². The highest BCUT2D eigenvalue weighted by Gasteiger charge is 2.06. The minimum absolute atomic E-state index is 0.349. The fraction of sp³-hybridized carbons (Fsp3) is 0.286. The van der Waals surface area contributed by atoms with E-state index in [-0.39, 0.29) is 5.97 Å². The minimum Gasteiger partial charge on any atom is -0.494 e. The van der Waals surface area contributed by atoms with E-state index in [1.807, 2.05) is 43.3 Å². The number of carbonyl (C=O) groups is 1. The van der Waals surface area contributed by atoms with Gasteiger partial charge in [0.25, 0.3) is 0 Å². The van der Waals surface area contributed by atoms with Crippen LogP contribution in [0, 0.1) is 0 Å². The van der Waals surface area contributed by atoms with Gasteiger partial charge in [-0.3, -0.25) is 0 Å². The molecule has 0 aliphatic heterocycles. The Balaban J connectivity index is 2.06. The minimum atomic E-state index is -0.375. The Labute approximate surface area is 154 Å². The summed E-state index contributed by atoms with van der Waals surface area (Å²) in [5, 5.41) is 0. The maximum absolute atomic E-state index is 11.4. The third-order valence-electron chi connectivity index (χ3n) is 3.51. The van der Waals surface area contributed by atoms with Crippen LogP contribution >= 0.6 is 0 Å². The first-order valence-corrected chi connectivity index (χ1v) is 8.53. The average Bonchev–Trinajstić information content (AvgIpc) is 2.66. The summed E-state index contributed by atoms with van der Waals surface area (Å²) in [6.45, 7) is 5.11. The fourth-order valence-electron chi connectivity index (χ4n) is 2.27. The molecule has 26 heavy (non-hydrogen) atoms. The molecule has 0 heterocycles. The molecule has 0 radical (unpaired) electrons. The molecule has 0 aromatic heterocycles. The standard InChI is InChI=1S/C21H24O5/c1-4-24-18-10-6-17(7-11-18)15-26-20-14-16(8-12-19(20)23-3)9-13-21(22)25-5-2/h6-14H,4-5,15H2,1-3H3. The summed E-state index contributed by atoms with van der Waals surface area (Å²) < 4.78 is 21.5. The van der Waals surface area contributed by atoms with Crippen LogP contribution in [0.2, 0.25) is 0 Å². The lowest BCUT2D eigenvalue weighted by Gasteiger charge is -2.12. The zero-order valence-electron chi connectivity index (χ0n) is 15.4. The molecule has 0 aliphatic carbocycles. The third-order valence-corrected chi connectivity index (χ3v) is 3.51. The van der Waals surface area contributed by atoms with Crippen LogP contribution in [0.1, 0.15) is 25.0 Å². The van der Waals surface area contributed by atoms with Gasteiger partial charge < -0.3 is 18.9 Å². The molecular formula is C21H24O5. The van der Waals surface area contributed by atoms with E-state index in [1.165, 1.54) is 6.08 Å². The molecule has 0 atom stereocenters. The smallest absolute Gasteiger partial charge is 0.330 e. The molecule has 5 nitrogen and oxygen atoms in total. The summed E-state index contributed by atoms with van der Waals surface area (Å²) in [7, 11) is 1.59. The molecular weight excluding hydrogens is 332 g/mol. The van der Waals surface area contributed by atoms with Gasteiger partial charge in [-0.1, -0.05) is 18.2 Å². The second-order valence-electron chi connectivity index (χ2n) is 5.36. The van der Waals surface area contributed by atoms with Crippen LogP contribution in [-0.4, -0.2) is 26.3 Å². The molecule has 0 unspecified atom stereocenters. The van der Waals surface area contributed by atoms with Crippen LogP contribution in [0.25, 0.3) is 6.08 Å². The van der Waals surface area contributed by atoms with Crippen molar-refractivity contribution in [1.29, 1.82) is 0 Å². The van der Waals surface area contributed by atoms with Crippen LogP contribution in [-0.2, 0) is 16.1 Å². The predicted octanol–water partition coefficient (Wildman–Crippen LogP) is 4.25. The van der Waals surface area contributed by atoms with E-state index in [9.17, 15) is 4.79 Å². The highest BCUT2D eigenvalue weighted by molar-refractivity contribution is 5.87. The Kier molecular flexibility index (Phi) is 7.55. The van der Waals surface area contributed by atoms with E-state index < -0.39 is 0 Å². The third kappa shape index (κ3) is 5.84. The van der Waals surface area contributed by atoms with Gasteiger partial charge in [-0.2, -0.15) is 0 Å². The maximum Gasteiger partial charge on any atom is 0.330 e. The monoisotopic (exact) mass is 356 g/mol. The van der Waals surface area contributed by atoms with Crippen molar-refractivity contribution in [2.24, 2.45) is 0 Å². The van der Waals surface area contributed by atoms with Crippen molar-refractivity contribution in [3.8, 4) is 17.2 Å². The highest BCUT2D eigenvalue weighted by atomic mass is 16.5. The van der Waals surface area contributed by atoms with Crippen molar-refractivity contribution in [1.82, 2.24) is 0 Å². The fourth-order valence-corrected chi connectivity index (χ4v) is 2.27.